The van der Waals surface area contributed by atoms with E-state index in [1.54, 1.807) is 0 Å². The van der Waals surface area contributed by atoms with Crippen molar-refractivity contribution in [3.05, 3.63) is 29.3 Å². The Balaban J connectivity index is 2.34. The minimum Gasteiger partial charge on any atom is -0.501 e. The van der Waals surface area contributed by atoms with Crippen LogP contribution in [0.25, 0.3) is 10.2 Å². The van der Waals surface area contributed by atoms with E-state index in [1.165, 1.54) is 11.3 Å². The summed E-state index contributed by atoms with van der Waals surface area (Å²) in [5.74, 6) is -0.370. The fourth-order valence-corrected chi connectivity index (χ4v) is 6.28. The predicted octanol–water partition coefficient (Wildman–Crippen LogP) is 8.33. The summed E-state index contributed by atoms with van der Waals surface area (Å²) in [6, 6.07) is 7.81. The molecule has 1 aromatic heterocycles. The van der Waals surface area contributed by atoms with Crippen molar-refractivity contribution in [2.75, 3.05) is 0 Å². The number of aliphatic carboxylic acids is 1. The highest BCUT2D eigenvalue weighted by Crippen LogP contribution is 2.44. The summed E-state index contributed by atoms with van der Waals surface area (Å²) >= 11 is 6.90. The highest BCUT2D eigenvalue weighted by atomic mass is 32.1. The summed E-state index contributed by atoms with van der Waals surface area (Å²) in [6.07, 6.45) is 9.12. The van der Waals surface area contributed by atoms with E-state index >= 15 is 0 Å². The Bertz CT molecular complexity index is 859. The molecule has 0 fully saturated rings. The summed E-state index contributed by atoms with van der Waals surface area (Å²) in [5, 5.41) is 21.7. The number of fused-ring (bicyclic) bond motifs is 1. The molecule has 1 aromatic carbocycles. The second kappa shape index (κ2) is 13.4. The molecule has 1 heterocycles. The fraction of sp³-hybridized carbons (Fsp3) is 0.667. The van der Waals surface area contributed by atoms with Gasteiger partial charge in [0.2, 0.25) is 0 Å². The van der Waals surface area contributed by atoms with Gasteiger partial charge in [0, 0.05) is 0 Å². The van der Waals surface area contributed by atoms with Crippen LogP contribution in [0.5, 0.6) is 0 Å². The summed E-state index contributed by atoms with van der Waals surface area (Å²) in [7, 11) is 0. The standard InChI is InChI=1S/C27H41NO3S2/c1-19(2)13-7-5-9-15-21(24(29)30)27(26(31)32,18-12-6-8-14-20(3)4)25-28-22-16-10-11-17-23(22)33-25/h10-11,16-17,19-21H,5-9,12-15,18H2,1-4H3,(H,29,30)(H,31,32). The molecule has 2 rings (SSSR count). The zero-order valence-electron chi connectivity index (χ0n) is 20.7. The van der Waals surface area contributed by atoms with Crippen molar-refractivity contribution >= 4 is 44.8 Å². The van der Waals surface area contributed by atoms with Gasteiger partial charge in [-0.05, 0) is 49.0 Å². The lowest BCUT2D eigenvalue weighted by molar-refractivity contribution is -0.144. The molecule has 0 aliphatic heterocycles. The van der Waals surface area contributed by atoms with Gasteiger partial charge in [-0.15, -0.1) is 11.3 Å². The maximum atomic E-state index is 12.6. The van der Waals surface area contributed by atoms with Gasteiger partial charge >= 0.3 is 5.97 Å². The molecule has 6 heteroatoms. The van der Waals surface area contributed by atoms with E-state index < -0.39 is 17.3 Å². The number of unbranched alkanes of at least 4 members (excludes halogenated alkanes) is 4. The molecule has 184 valence electrons. The topological polar surface area (TPSA) is 70.4 Å². The van der Waals surface area contributed by atoms with Crippen molar-refractivity contribution in [3.8, 4) is 0 Å². The maximum Gasteiger partial charge on any atom is 0.307 e. The molecule has 0 saturated heterocycles. The van der Waals surface area contributed by atoms with E-state index in [2.05, 4.69) is 27.7 Å². The molecule has 0 saturated carbocycles. The first-order valence-electron chi connectivity index (χ1n) is 12.5. The van der Waals surface area contributed by atoms with Gasteiger partial charge in [-0.1, -0.05) is 91.2 Å². The molecule has 2 atom stereocenters. The van der Waals surface area contributed by atoms with Crippen LogP contribution in [0.15, 0.2) is 24.3 Å². The fourth-order valence-electron chi connectivity index (χ4n) is 4.63. The molecule has 0 bridgehead atoms. The number of thiazole rings is 1. The lowest BCUT2D eigenvalue weighted by atomic mass is 9.70. The summed E-state index contributed by atoms with van der Waals surface area (Å²) in [4.78, 5) is 17.4. The van der Waals surface area contributed by atoms with Gasteiger partial charge < -0.3 is 10.2 Å². The third-order valence-electron chi connectivity index (χ3n) is 6.58. The van der Waals surface area contributed by atoms with E-state index in [0.29, 0.717) is 29.7 Å². The molecule has 0 aliphatic carbocycles. The predicted molar refractivity (Wildman–Crippen MR) is 143 cm³/mol. The number of hydrogen-bond donors (Lipinski definition) is 2. The quantitative estimate of drug-likeness (QED) is 0.182. The minimum atomic E-state index is -1.12. The lowest BCUT2D eigenvalue weighted by Gasteiger charge is -2.35. The van der Waals surface area contributed by atoms with Crippen LogP contribution in [0, 0.1) is 17.8 Å². The van der Waals surface area contributed by atoms with Crippen LogP contribution in [-0.4, -0.2) is 26.2 Å². The molecule has 0 amide bonds. The Kier molecular flexibility index (Phi) is 11.2. The van der Waals surface area contributed by atoms with Gasteiger partial charge in [0.25, 0.3) is 0 Å². The Labute approximate surface area is 208 Å². The van der Waals surface area contributed by atoms with Gasteiger partial charge in [-0.2, -0.15) is 0 Å². The van der Waals surface area contributed by atoms with Gasteiger partial charge in [-0.25, -0.2) is 4.98 Å². The van der Waals surface area contributed by atoms with Gasteiger partial charge in [0.15, 0.2) is 5.05 Å². The SMILES string of the molecule is CC(C)CCCCCC(C(=O)O)C(CCCCCC(C)C)(C(O)=S)c1nc2ccccc2s1. The number of rotatable bonds is 16. The van der Waals surface area contributed by atoms with Crippen molar-refractivity contribution in [1.82, 2.24) is 4.98 Å². The Morgan fingerprint density at radius 2 is 1.52 bits per heavy atom. The van der Waals surface area contributed by atoms with Crippen LogP contribution in [0.4, 0.5) is 0 Å². The zero-order valence-corrected chi connectivity index (χ0v) is 22.3. The van der Waals surface area contributed by atoms with Crippen LogP contribution in [-0.2, 0) is 10.2 Å². The lowest BCUT2D eigenvalue weighted by Crippen LogP contribution is -2.46. The van der Waals surface area contributed by atoms with Crippen LogP contribution in [0.1, 0.15) is 96.9 Å². The number of aliphatic hydroxyl groups is 1. The molecular formula is C27H41NO3S2. The first-order valence-corrected chi connectivity index (χ1v) is 13.7. The van der Waals surface area contributed by atoms with E-state index in [4.69, 9.17) is 17.2 Å². The van der Waals surface area contributed by atoms with Crippen LogP contribution < -0.4 is 0 Å². The monoisotopic (exact) mass is 491 g/mol. The highest BCUT2D eigenvalue weighted by Gasteiger charge is 2.50. The summed E-state index contributed by atoms with van der Waals surface area (Å²) in [5.41, 5.74) is -0.292. The van der Waals surface area contributed by atoms with Crippen LogP contribution in [0.2, 0.25) is 0 Å². The maximum absolute atomic E-state index is 12.6. The molecule has 2 aromatic rings. The molecule has 2 unspecified atom stereocenters. The Morgan fingerprint density at radius 3 is 2.06 bits per heavy atom. The molecular weight excluding hydrogens is 450 g/mol. The Hall–Kier alpha value is -1.53. The Morgan fingerprint density at radius 1 is 0.939 bits per heavy atom. The summed E-state index contributed by atoms with van der Waals surface area (Å²) < 4.78 is 0.994. The van der Waals surface area contributed by atoms with Crippen LogP contribution >= 0.6 is 23.6 Å². The number of carboxylic acids is 1. The average Bonchev–Trinajstić information content (AvgIpc) is 3.17. The summed E-state index contributed by atoms with van der Waals surface area (Å²) in [6.45, 7) is 8.85. The zero-order chi connectivity index (χ0) is 24.4. The second-order valence-corrected chi connectivity index (χ2v) is 11.6. The third kappa shape index (κ3) is 7.74. The van der Waals surface area contributed by atoms with E-state index in [9.17, 15) is 15.0 Å². The largest absolute Gasteiger partial charge is 0.501 e. The first-order chi connectivity index (χ1) is 15.7. The molecule has 0 radical (unpaired) electrons. The molecule has 0 aliphatic rings. The first kappa shape index (κ1) is 27.7. The number of carbonyl (C=O) groups is 1. The van der Waals surface area contributed by atoms with Crippen molar-refractivity contribution in [3.63, 3.8) is 0 Å². The second-order valence-electron chi connectivity index (χ2n) is 10.2. The number of hydrogen-bond acceptors (Lipinski definition) is 4. The number of carboxylic acid groups (broad SMARTS) is 1. The van der Waals surface area contributed by atoms with Crippen molar-refractivity contribution in [1.29, 1.82) is 0 Å². The average molecular weight is 492 g/mol. The van der Waals surface area contributed by atoms with Crippen molar-refractivity contribution < 1.29 is 15.0 Å². The minimum absolute atomic E-state index is 0.222. The number of benzene rings is 1. The van der Waals surface area contributed by atoms with Crippen molar-refractivity contribution in [2.45, 2.75) is 97.3 Å². The number of thiocarbonyl (C=S) groups is 1. The van der Waals surface area contributed by atoms with Crippen molar-refractivity contribution in [2.24, 2.45) is 17.8 Å². The third-order valence-corrected chi connectivity index (χ3v) is 8.16. The number of nitrogens with zero attached hydrogens (tertiary/aromatic N) is 1. The van der Waals surface area contributed by atoms with Crippen LogP contribution in [0.3, 0.4) is 0 Å². The highest BCUT2D eigenvalue weighted by molar-refractivity contribution is 7.80. The number of para-hydroxylation sites is 1. The molecule has 4 nitrogen and oxygen atoms in total. The van der Waals surface area contributed by atoms with E-state index in [0.717, 1.165) is 61.6 Å². The molecule has 0 spiro atoms. The number of aliphatic hydroxyl groups excluding tert-OH is 1. The normalized spacial score (nSPS) is 14.6. The van der Waals surface area contributed by atoms with E-state index in [-0.39, 0.29) is 5.05 Å². The molecule has 33 heavy (non-hydrogen) atoms. The number of aromatic nitrogens is 1. The molecule has 2 N–H and O–H groups in total. The van der Waals surface area contributed by atoms with Gasteiger partial charge in [0.1, 0.15) is 10.4 Å². The van der Waals surface area contributed by atoms with Gasteiger partial charge in [0.05, 0.1) is 16.1 Å². The van der Waals surface area contributed by atoms with E-state index in [1.807, 2.05) is 24.3 Å². The van der Waals surface area contributed by atoms with Gasteiger partial charge in [-0.3, -0.25) is 4.79 Å². The smallest absolute Gasteiger partial charge is 0.307 e.